The quantitative estimate of drug-likeness (QED) is 0.115. The van der Waals surface area contributed by atoms with E-state index >= 15 is 0 Å². The van der Waals surface area contributed by atoms with Crippen LogP contribution in [0.3, 0.4) is 0 Å². The maximum Gasteiger partial charge on any atom is 0.143 e. The Morgan fingerprint density at radius 3 is 0.757 bits per heavy atom. The van der Waals surface area contributed by atoms with Crippen molar-refractivity contribution in [3.63, 3.8) is 0 Å². The second-order valence-electron chi connectivity index (χ2n) is 37.8. The molecule has 27 rings (SSSR count). The molecule has 136 heavy (non-hydrogen) atoms. The Labute approximate surface area is 789 Å². The van der Waals surface area contributed by atoms with Crippen LogP contribution in [-0.2, 0) is 10.8 Å². The minimum absolute atomic E-state index is 0.0572. The Morgan fingerprint density at radius 1 is 0.154 bits per heavy atom. The molecular weight excluding hydrogens is 1650 g/mol. The Morgan fingerprint density at radius 2 is 0.397 bits per heavy atom. The average Bonchev–Trinajstić information content (AvgIpc) is 1.58. The molecule has 4 aromatic heterocycles. The van der Waals surface area contributed by atoms with Crippen LogP contribution in [0.1, 0.15) is 49.9 Å². The molecule has 0 N–H and O–H groups in total. The molecule has 21 aromatic carbocycles. The Bertz CT molecular complexity index is 9100. The van der Waals surface area contributed by atoms with Gasteiger partial charge in [-0.25, -0.2) is 0 Å². The van der Waals surface area contributed by atoms with Crippen molar-refractivity contribution in [2.45, 2.75) is 38.5 Å². The average molecular weight is 1740 g/mol. The van der Waals surface area contributed by atoms with Crippen molar-refractivity contribution in [2.75, 3.05) is 0 Å². The molecule has 25 aromatic rings. The van der Waals surface area contributed by atoms with Crippen molar-refractivity contribution in [3.05, 3.63) is 495 Å². The zero-order valence-corrected chi connectivity index (χ0v) is 75.7. The molecule has 0 amide bonds. The summed E-state index contributed by atoms with van der Waals surface area (Å²) in [4.78, 5) is 0. The van der Waals surface area contributed by atoms with Gasteiger partial charge >= 0.3 is 0 Å². The molecule has 0 saturated carbocycles. The highest BCUT2D eigenvalue weighted by molar-refractivity contribution is 6.16. The van der Waals surface area contributed by atoms with E-state index in [1.165, 1.54) is 155 Å². The van der Waals surface area contributed by atoms with Gasteiger partial charge in [0.25, 0.3) is 0 Å². The van der Waals surface area contributed by atoms with Gasteiger partial charge < -0.3 is 18.0 Å². The zero-order valence-electron chi connectivity index (χ0n) is 75.7. The lowest BCUT2D eigenvalue weighted by atomic mass is 9.81. The first kappa shape index (κ1) is 79.7. The molecule has 0 saturated heterocycles. The summed E-state index contributed by atoms with van der Waals surface area (Å²) in [6.07, 6.45) is 0. The summed E-state index contributed by atoms with van der Waals surface area (Å²) in [5.41, 5.74) is 47.1. The smallest absolute Gasteiger partial charge is 0.143 e. The molecule has 4 nitrogen and oxygen atoms in total. The van der Waals surface area contributed by atoms with Gasteiger partial charge in [-0.05, 0) is 301 Å². The molecule has 640 valence electrons. The molecular formula is C132H90N2O2. The van der Waals surface area contributed by atoms with Crippen LogP contribution < -0.4 is 0 Å². The topological polar surface area (TPSA) is 36.1 Å². The SMILES string of the molecule is CC1(C)c2ccccc2-c2ccc(-c3cc(-c4ccc5oc6c(-c7ccccc7)cccc6c5c4)cc(-c4ccc5c(c4)c4cc(-c6ccccc6)ccc4n5-c4ccccc4)c3)cc21.CC1(C)c2ccccc2-c2ccc(-c3ccc(-c4cc(-c5ccc6oc7c(-c8ccccc8)cccc7c6c5)cc(-c5ccc6c(c5)c5cc(-c7ccccc7)ccc5n6-c5ccccc5)c4)cc3)cc21. The van der Waals surface area contributed by atoms with Gasteiger partial charge in [-0.3, -0.25) is 0 Å². The number of hydrogen-bond donors (Lipinski definition) is 0. The highest BCUT2D eigenvalue weighted by Gasteiger charge is 2.37. The first-order valence-corrected chi connectivity index (χ1v) is 47.2. The van der Waals surface area contributed by atoms with Crippen LogP contribution in [-0.4, -0.2) is 9.13 Å². The molecule has 0 radical (unpaired) electrons. The number of aromatic nitrogens is 2. The largest absolute Gasteiger partial charge is 0.455 e. The summed E-state index contributed by atoms with van der Waals surface area (Å²) in [6.45, 7) is 9.43. The summed E-state index contributed by atoms with van der Waals surface area (Å²) in [5, 5.41) is 9.36. The first-order chi connectivity index (χ1) is 66.9. The first-order valence-electron chi connectivity index (χ1n) is 47.2. The van der Waals surface area contributed by atoms with E-state index in [4.69, 9.17) is 8.83 Å². The van der Waals surface area contributed by atoms with Crippen molar-refractivity contribution >= 4 is 87.5 Å². The lowest BCUT2D eigenvalue weighted by Crippen LogP contribution is -2.14. The molecule has 0 unspecified atom stereocenters. The minimum Gasteiger partial charge on any atom is -0.455 e. The van der Waals surface area contributed by atoms with E-state index in [0.29, 0.717) is 0 Å². The van der Waals surface area contributed by atoms with E-state index in [1.54, 1.807) is 0 Å². The standard InChI is InChI=1S/C69H47NO.C63H43NO/c1-69(2)63-24-13-12-21-57(63)58-33-29-51(43-64(58)69)45-25-27-46(28-26-45)52-37-53(39-54(38-52)50-32-36-67-62(42-50)59-23-14-22-56(68(59)71-67)47-17-8-4-9-18-47)49-31-35-66-61(41-49)60-40-48(44-15-6-3-7-16-44)30-34-65(60)70(66)55-19-10-5-11-20-55;1-63(2)57-24-13-12-21-51(57)52-29-25-45(39-58(52)63)48-34-46(33-47(35-48)44-28-32-61-56(38-44)53-23-14-22-50(62(53)65-61)41-17-8-4-9-18-41)43-27-31-60-55(37-43)54-36-42(40-15-6-3-7-16-40)26-30-59(54)64(60)49-19-10-5-11-20-49/h3-43H,1-2H3;3-39H,1-2H3. The maximum absolute atomic E-state index is 6.66. The Kier molecular flexibility index (Phi) is 18.7. The predicted octanol–water partition coefficient (Wildman–Crippen LogP) is 36.3. The fourth-order valence-corrected chi connectivity index (χ4v) is 22.3. The number of hydrogen-bond acceptors (Lipinski definition) is 2. The van der Waals surface area contributed by atoms with Gasteiger partial charge in [0.2, 0.25) is 0 Å². The van der Waals surface area contributed by atoms with E-state index in [9.17, 15) is 0 Å². The number of furan rings is 2. The molecule has 0 aliphatic heterocycles. The fourth-order valence-electron chi connectivity index (χ4n) is 22.3. The van der Waals surface area contributed by atoms with Gasteiger partial charge in [0, 0.05) is 76.4 Å². The zero-order chi connectivity index (χ0) is 90.4. The van der Waals surface area contributed by atoms with Gasteiger partial charge in [-0.2, -0.15) is 0 Å². The normalized spacial score (nSPS) is 12.8. The van der Waals surface area contributed by atoms with E-state index in [1.807, 2.05) is 0 Å². The third-order valence-electron chi connectivity index (χ3n) is 29.2. The van der Waals surface area contributed by atoms with Crippen molar-refractivity contribution in [3.8, 4) is 156 Å². The van der Waals surface area contributed by atoms with E-state index in [0.717, 1.165) is 111 Å². The van der Waals surface area contributed by atoms with Crippen LogP contribution in [0.15, 0.2) is 482 Å². The molecule has 0 bridgehead atoms. The summed E-state index contributed by atoms with van der Waals surface area (Å²) in [6, 6.07) is 173. The van der Waals surface area contributed by atoms with Crippen LogP contribution in [0, 0.1) is 0 Å². The van der Waals surface area contributed by atoms with Gasteiger partial charge in [-0.1, -0.05) is 355 Å². The molecule has 2 aliphatic rings. The highest BCUT2D eigenvalue weighted by atomic mass is 16.3. The maximum atomic E-state index is 6.66. The highest BCUT2D eigenvalue weighted by Crippen LogP contribution is 2.54. The Hall–Kier alpha value is -17.2. The van der Waals surface area contributed by atoms with Crippen LogP contribution >= 0.6 is 0 Å². The number of fused-ring (bicyclic) bond motifs is 18. The van der Waals surface area contributed by atoms with Crippen molar-refractivity contribution in [1.29, 1.82) is 0 Å². The molecule has 0 spiro atoms. The predicted molar refractivity (Wildman–Crippen MR) is 571 cm³/mol. The van der Waals surface area contributed by atoms with E-state index in [2.05, 4.69) is 510 Å². The number of benzene rings is 21. The summed E-state index contributed by atoms with van der Waals surface area (Å²) in [7, 11) is 0. The second-order valence-corrected chi connectivity index (χ2v) is 37.8. The third kappa shape index (κ3) is 13.3. The van der Waals surface area contributed by atoms with Crippen LogP contribution in [0.4, 0.5) is 0 Å². The van der Waals surface area contributed by atoms with E-state index < -0.39 is 0 Å². The van der Waals surface area contributed by atoms with Crippen molar-refractivity contribution in [1.82, 2.24) is 9.13 Å². The summed E-state index contributed by atoms with van der Waals surface area (Å²) >= 11 is 0. The van der Waals surface area contributed by atoms with E-state index in [-0.39, 0.29) is 10.8 Å². The minimum atomic E-state index is -0.106. The fraction of sp³-hybridized carbons (Fsp3) is 0.0455. The molecule has 0 atom stereocenters. The summed E-state index contributed by atoms with van der Waals surface area (Å²) in [5.74, 6) is 0. The van der Waals surface area contributed by atoms with Crippen molar-refractivity contribution < 1.29 is 8.83 Å². The van der Waals surface area contributed by atoms with Gasteiger partial charge in [0.15, 0.2) is 0 Å². The monoisotopic (exact) mass is 1730 g/mol. The van der Waals surface area contributed by atoms with Gasteiger partial charge in [0.05, 0.1) is 22.1 Å². The number of rotatable bonds is 13. The van der Waals surface area contributed by atoms with Crippen LogP contribution in [0.25, 0.3) is 244 Å². The number of para-hydroxylation sites is 4. The molecule has 4 heterocycles. The molecule has 2 aliphatic carbocycles. The molecule has 4 heteroatoms. The second kappa shape index (κ2) is 31.8. The van der Waals surface area contributed by atoms with Crippen LogP contribution in [0.5, 0.6) is 0 Å². The summed E-state index contributed by atoms with van der Waals surface area (Å²) < 4.78 is 18.1. The Balaban J connectivity index is 0.000000142. The lowest BCUT2D eigenvalue weighted by Gasteiger charge is -2.22. The number of nitrogens with zero attached hydrogens (tertiary/aromatic N) is 2. The van der Waals surface area contributed by atoms with Gasteiger partial charge in [-0.15, -0.1) is 0 Å². The third-order valence-corrected chi connectivity index (χ3v) is 29.2. The van der Waals surface area contributed by atoms with Gasteiger partial charge in [0.1, 0.15) is 22.3 Å². The van der Waals surface area contributed by atoms with Crippen LogP contribution in [0.2, 0.25) is 0 Å². The van der Waals surface area contributed by atoms with Crippen molar-refractivity contribution in [2.24, 2.45) is 0 Å². The lowest BCUT2D eigenvalue weighted by molar-refractivity contribution is 0.660. The molecule has 0 fully saturated rings.